The van der Waals surface area contributed by atoms with Gasteiger partial charge in [0, 0.05) is 44.6 Å². The second-order valence-electron chi connectivity index (χ2n) is 4.43. The molecule has 0 aliphatic carbocycles. The van der Waals surface area contributed by atoms with Crippen molar-refractivity contribution < 1.29 is 0 Å². The number of hydrogen-bond donors (Lipinski definition) is 0. The molecule has 1 aromatic heterocycles. The zero-order valence-electron chi connectivity index (χ0n) is 9.56. The molecule has 0 saturated carbocycles. The van der Waals surface area contributed by atoms with E-state index in [1.54, 1.807) is 0 Å². The highest BCUT2D eigenvalue weighted by Crippen LogP contribution is 2.10. The highest BCUT2D eigenvalue weighted by molar-refractivity contribution is 5.08. The molecule has 15 heavy (non-hydrogen) atoms. The minimum Gasteiger partial charge on any atom is -0.301 e. The first kappa shape index (κ1) is 10.6. The summed E-state index contributed by atoms with van der Waals surface area (Å²) in [5.41, 5.74) is 1.31. The van der Waals surface area contributed by atoms with Gasteiger partial charge in [0.05, 0.1) is 0 Å². The molecule has 0 amide bonds. The van der Waals surface area contributed by atoms with E-state index in [1.165, 1.54) is 12.1 Å². The van der Waals surface area contributed by atoms with Crippen LogP contribution in [-0.4, -0.2) is 47.5 Å². The Labute approximate surface area is 91.7 Å². The van der Waals surface area contributed by atoms with E-state index in [2.05, 4.69) is 34.8 Å². The third kappa shape index (κ3) is 2.76. The minimum atomic E-state index is 0.662. The Bertz CT molecular complexity index is 299. The lowest BCUT2D eigenvalue weighted by Gasteiger charge is -2.37. The van der Waals surface area contributed by atoms with Gasteiger partial charge in [0.2, 0.25) is 0 Å². The summed E-state index contributed by atoms with van der Waals surface area (Å²) >= 11 is 0. The molecule has 1 aliphatic heterocycles. The molecule has 3 heteroatoms. The molecule has 3 nitrogen and oxygen atoms in total. The maximum Gasteiger partial charge on any atom is 0.0312 e. The van der Waals surface area contributed by atoms with Crippen molar-refractivity contribution in [3.8, 4) is 0 Å². The zero-order valence-corrected chi connectivity index (χ0v) is 9.56. The van der Waals surface area contributed by atoms with Crippen molar-refractivity contribution in [1.82, 2.24) is 14.8 Å². The molecule has 0 bridgehead atoms. The number of pyridine rings is 1. The van der Waals surface area contributed by atoms with Crippen molar-refractivity contribution in [3.63, 3.8) is 0 Å². The second kappa shape index (κ2) is 4.73. The normalized spacial score (nSPS) is 24.3. The van der Waals surface area contributed by atoms with Crippen LogP contribution < -0.4 is 0 Å². The summed E-state index contributed by atoms with van der Waals surface area (Å²) in [5.74, 6) is 0. The quantitative estimate of drug-likeness (QED) is 0.723. The summed E-state index contributed by atoms with van der Waals surface area (Å²) in [6.07, 6.45) is 3.79. The SMILES string of the molecule is CC1CN(Cc2cccnc2)CCN1C. The van der Waals surface area contributed by atoms with E-state index in [-0.39, 0.29) is 0 Å². The molecular weight excluding hydrogens is 186 g/mol. The van der Waals surface area contributed by atoms with Crippen LogP contribution in [-0.2, 0) is 6.54 Å². The van der Waals surface area contributed by atoms with Crippen LogP contribution in [0.1, 0.15) is 12.5 Å². The van der Waals surface area contributed by atoms with Gasteiger partial charge in [-0.3, -0.25) is 9.88 Å². The lowest BCUT2D eigenvalue weighted by atomic mass is 10.2. The van der Waals surface area contributed by atoms with E-state index in [0.29, 0.717) is 6.04 Å². The topological polar surface area (TPSA) is 19.4 Å². The number of nitrogens with zero attached hydrogens (tertiary/aromatic N) is 3. The Balaban J connectivity index is 1.91. The zero-order chi connectivity index (χ0) is 10.7. The molecule has 82 valence electrons. The largest absolute Gasteiger partial charge is 0.301 e. The molecule has 1 aromatic rings. The first-order chi connectivity index (χ1) is 7.25. The molecule has 2 heterocycles. The smallest absolute Gasteiger partial charge is 0.0312 e. The molecule has 0 N–H and O–H groups in total. The van der Waals surface area contributed by atoms with Gasteiger partial charge in [-0.25, -0.2) is 0 Å². The van der Waals surface area contributed by atoms with Crippen LogP contribution in [0.5, 0.6) is 0 Å². The van der Waals surface area contributed by atoms with Crippen molar-refractivity contribution in [2.45, 2.75) is 19.5 Å². The first-order valence-electron chi connectivity index (χ1n) is 5.57. The van der Waals surface area contributed by atoms with Crippen LogP contribution in [0.25, 0.3) is 0 Å². The Morgan fingerprint density at radius 2 is 2.33 bits per heavy atom. The minimum absolute atomic E-state index is 0.662. The van der Waals surface area contributed by atoms with Crippen LogP contribution in [0.2, 0.25) is 0 Å². The highest BCUT2D eigenvalue weighted by atomic mass is 15.3. The van der Waals surface area contributed by atoms with E-state index >= 15 is 0 Å². The predicted molar refractivity (Wildman–Crippen MR) is 61.6 cm³/mol. The van der Waals surface area contributed by atoms with Crippen molar-refractivity contribution in [3.05, 3.63) is 30.1 Å². The van der Waals surface area contributed by atoms with Crippen LogP contribution in [0.4, 0.5) is 0 Å². The molecule has 1 fully saturated rings. The van der Waals surface area contributed by atoms with Crippen LogP contribution in [0.15, 0.2) is 24.5 Å². The fourth-order valence-corrected chi connectivity index (χ4v) is 2.02. The van der Waals surface area contributed by atoms with E-state index < -0.39 is 0 Å². The van der Waals surface area contributed by atoms with Gasteiger partial charge in [0.25, 0.3) is 0 Å². The summed E-state index contributed by atoms with van der Waals surface area (Å²) in [5, 5.41) is 0. The van der Waals surface area contributed by atoms with Gasteiger partial charge < -0.3 is 4.90 Å². The molecule has 1 unspecified atom stereocenters. The van der Waals surface area contributed by atoms with E-state index in [4.69, 9.17) is 0 Å². The Morgan fingerprint density at radius 1 is 1.47 bits per heavy atom. The number of hydrogen-bond acceptors (Lipinski definition) is 3. The third-order valence-corrected chi connectivity index (χ3v) is 3.17. The third-order valence-electron chi connectivity index (χ3n) is 3.17. The summed E-state index contributed by atoms with van der Waals surface area (Å²) in [7, 11) is 2.20. The predicted octanol–water partition coefficient (Wildman–Crippen LogP) is 1.22. The van der Waals surface area contributed by atoms with E-state index in [9.17, 15) is 0 Å². The summed E-state index contributed by atoms with van der Waals surface area (Å²) in [6.45, 7) is 6.81. The monoisotopic (exact) mass is 205 g/mol. The highest BCUT2D eigenvalue weighted by Gasteiger charge is 2.20. The summed E-state index contributed by atoms with van der Waals surface area (Å²) in [6, 6.07) is 4.82. The Morgan fingerprint density at radius 3 is 3.00 bits per heavy atom. The summed E-state index contributed by atoms with van der Waals surface area (Å²) < 4.78 is 0. The molecule has 1 atom stereocenters. The van der Waals surface area contributed by atoms with Crippen molar-refractivity contribution in [2.24, 2.45) is 0 Å². The van der Waals surface area contributed by atoms with Gasteiger partial charge >= 0.3 is 0 Å². The molecule has 0 spiro atoms. The molecule has 0 radical (unpaired) electrons. The second-order valence-corrected chi connectivity index (χ2v) is 4.43. The van der Waals surface area contributed by atoms with Crippen molar-refractivity contribution in [1.29, 1.82) is 0 Å². The van der Waals surface area contributed by atoms with Gasteiger partial charge in [-0.05, 0) is 25.6 Å². The van der Waals surface area contributed by atoms with Crippen LogP contribution in [0, 0.1) is 0 Å². The lowest BCUT2D eigenvalue weighted by molar-refractivity contribution is 0.0999. The van der Waals surface area contributed by atoms with E-state index in [0.717, 1.165) is 19.6 Å². The molecular formula is C12H19N3. The maximum atomic E-state index is 4.15. The fraction of sp³-hybridized carbons (Fsp3) is 0.583. The Hall–Kier alpha value is -0.930. The van der Waals surface area contributed by atoms with E-state index in [1.807, 2.05) is 18.5 Å². The number of piperazine rings is 1. The summed E-state index contributed by atoms with van der Waals surface area (Å²) in [4.78, 5) is 9.07. The van der Waals surface area contributed by atoms with Crippen LogP contribution >= 0.6 is 0 Å². The number of aromatic nitrogens is 1. The van der Waals surface area contributed by atoms with Gasteiger partial charge in [-0.2, -0.15) is 0 Å². The average Bonchev–Trinajstić information content (AvgIpc) is 2.25. The fourth-order valence-electron chi connectivity index (χ4n) is 2.02. The molecule has 1 aliphatic rings. The average molecular weight is 205 g/mol. The Kier molecular flexibility index (Phi) is 3.34. The first-order valence-corrected chi connectivity index (χ1v) is 5.57. The molecule has 1 saturated heterocycles. The maximum absolute atomic E-state index is 4.15. The van der Waals surface area contributed by atoms with Gasteiger partial charge in [0.15, 0.2) is 0 Å². The van der Waals surface area contributed by atoms with Gasteiger partial charge in [0.1, 0.15) is 0 Å². The van der Waals surface area contributed by atoms with Crippen molar-refractivity contribution in [2.75, 3.05) is 26.7 Å². The standard InChI is InChI=1S/C12H19N3/c1-11-9-15(7-6-14(11)2)10-12-4-3-5-13-8-12/h3-5,8,11H,6-7,9-10H2,1-2H3. The van der Waals surface area contributed by atoms with Gasteiger partial charge in [-0.1, -0.05) is 6.07 Å². The molecule has 0 aromatic carbocycles. The molecule has 2 rings (SSSR count). The number of rotatable bonds is 2. The van der Waals surface area contributed by atoms with Crippen molar-refractivity contribution >= 4 is 0 Å². The van der Waals surface area contributed by atoms with Crippen LogP contribution in [0.3, 0.4) is 0 Å². The van der Waals surface area contributed by atoms with Gasteiger partial charge in [-0.15, -0.1) is 0 Å². The lowest BCUT2D eigenvalue weighted by Crippen LogP contribution is -2.49. The number of likely N-dealkylation sites (N-methyl/N-ethyl adjacent to an activating group) is 1.